The highest BCUT2D eigenvalue weighted by Crippen LogP contribution is 2.37. The summed E-state index contributed by atoms with van der Waals surface area (Å²) < 4.78 is 44.9. The summed E-state index contributed by atoms with van der Waals surface area (Å²) >= 11 is 5.16. The molecule has 94 valence electrons. The van der Waals surface area contributed by atoms with Gasteiger partial charge in [-0.3, -0.25) is 4.79 Å². The highest BCUT2D eigenvalue weighted by molar-refractivity contribution is 6.67. The molecule has 0 aliphatic carbocycles. The molecule has 17 heavy (non-hydrogen) atoms. The zero-order chi connectivity index (χ0) is 13.2. The van der Waals surface area contributed by atoms with E-state index in [4.69, 9.17) is 11.6 Å². The van der Waals surface area contributed by atoms with Crippen LogP contribution in [0, 0.1) is 6.92 Å². The molecule has 4 nitrogen and oxygen atoms in total. The van der Waals surface area contributed by atoms with Gasteiger partial charge in [0.25, 0.3) is 5.24 Å². The van der Waals surface area contributed by atoms with Crippen molar-refractivity contribution in [3.05, 3.63) is 17.5 Å². The molecule has 1 rings (SSSR count). The molecule has 0 saturated heterocycles. The van der Waals surface area contributed by atoms with Crippen LogP contribution in [-0.2, 0) is 0 Å². The van der Waals surface area contributed by atoms with Gasteiger partial charge in [-0.1, -0.05) is 0 Å². The van der Waals surface area contributed by atoms with E-state index in [0.29, 0.717) is 0 Å². The van der Waals surface area contributed by atoms with Crippen LogP contribution < -0.4 is 9.47 Å². The Labute approximate surface area is 99.3 Å². The fourth-order valence-corrected chi connectivity index (χ4v) is 1.27. The van der Waals surface area contributed by atoms with Crippen LogP contribution in [0.3, 0.4) is 0 Å². The molecule has 0 amide bonds. The Morgan fingerprint density at radius 3 is 2.41 bits per heavy atom. The van der Waals surface area contributed by atoms with Crippen LogP contribution in [0.1, 0.15) is 16.1 Å². The minimum absolute atomic E-state index is 0.0702. The van der Waals surface area contributed by atoms with Crippen molar-refractivity contribution in [1.29, 1.82) is 0 Å². The second-order valence-electron chi connectivity index (χ2n) is 2.97. The first kappa shape index (κ1) is 13.6. The second-order valence-corrected chi connectivity index (χ2v) is 3.32. The minimum atomic E-state index is -4.90. The molecule has 1 aromatic rings. The average molecular weight is 270 g/mol. The van der Waals surface area contributed by atoms with E-state index in [-0.39, 0.29) is 5.56 Å². The normalized spacial score (nSPS) is 11.2. The van der Waals surface area contributed by atoms with Gasteiger partial charge < -0.3 is 9.47 Å². The molecule has 0 bridgehead atoms. The molecule has 0 saturated carbocycles. The molecule has 0 N–H and O–H groups in total. The van der Waals surface area contributed by atoms with Crippen molar-refractivity contribution in [2.45, 2.75) is 13.3 Å². The molecular weight excluding hydrogens is 263 g/mol. The number of carbonyl (C=O) groups is 1. The predicted molar refractivity (Wildman–Crippen MR) is 52.4 cm³/mol. The summed E-state index contributed by atoms with van der Waals surface area (Å²) in [6.07, 6.45) is -3.86. The van der Waals surface area contributed by atoms with Gasteiger partial charge in [-0.25, -0.2) is 4.98 Å². The lowest BCUT2D eigenvalue weighted by molar-refractivity contribution is -0.275. The molecule has 0 aromatic carbocycles. The van der Waals surface area contributed by atoms with Gasteiger partial charge in [-0.05, 0) is 18.5 Å². The van der Waals surface area contributed by atoms with E-state index in [2.05, 4.69) is 14.5 Å². The Hall–Kier alpha value is -1.50. The standard InChI is InChI=1S/C9H7ClF3NO3/c1-4-3-14-5(8(10)15)7(16-2)6(4)17-9(11,12)13/h3H,1-2H3. The summed E-state index contributed by atoms with van der Waals surface area (Å²) in [5.41, 5.74) is -0.361. The monoisotopic (exact) mass is 269 g/mol. The van der Waals surface area contributed by atoms with Gasteiger partial charge in [-0.15, -0.1) is 13.2 Å². The Bertz CT molecular complexity index is 448. The van der Waals surface area contributed by atoms with Crippen LogP contribution in [0.5, 0.6) is 11.5 Å². The Balaban J connectivity index is 3.35. The summed E-state index contributed by atoms with van der Waals surface area (Å²) in [6.45, 7) is 1.33. The summed E-state index contributed by atoms with van der Waals surface area (Å²) in [5, 5.41) is -1.03. The van der Waals surface area contributed by atoms with Crippen molar-refractivity contribution in [2.75, 3.05) is 7.11 Å². The number of rotatable bonds is 3. The quantitative estimate of drug-likeness (QED) is 0.792. The number of hydrogen-bond donors (Lipinski definition) is 0. The zero-order valence-corrected chi connectivity index (χ0v) is 9.52. The first-order valence-electron chi connectivity index (χ1n) is 4.25. The molecule has 0 aliphatic heterocycles. The third-order valence-electron chi connectivity index (χ3n) is 1.77. The Kier molecular flexibility index (Phi) is 3.82. The third-order valence-corrected chi connectivity index (χ3v) is 1.95. The van der Waals surface area contributed by atoms with Crippen molar-refractivity contribution in [3.8, 4) is 11.5 Å². The largest absolute Gasteiger partial charge is 0.573 e. The molecule has 0 aliphatic rings. The van der Waals surface area contributed by atoms with Crippen LogP contribution in [0.4, 0.5) is 13.2 Å². The second kappa shape index (κ2) is 4.79. The lowest BCUT2D eigenvalue weighted by Gasteiger charge is -2.15. The number of carbonyl (C=O) groups excluding carboxylic acids is 1. The van der Waals surface area contributed by atoms with Crippen molar-refractivity contribution in [2.24, 2.45) is 0 Å². The topological polar surface area (TPSA) is 48.4 Å². The van der Waals surface area contributed by atoms with Crippen LogP contribution in [0.25, 0.3) is 0 Å². The summed E-state index contributed by atoms with van der Waals surface area (Å²) in [6, 6.07) is 0. The van der Waals surface area contributed by atoms with Crippen molar-refractivity contribution >= 4 is 16.8 Å². The van der Waals surface area contributed by atoms with E-state index in [9.17, 15) is 18.0 Å². The Morgan fingerprint density at radius 1 is 1.41 bits per heavy atom. The number of halogens is 4. The SMILES string of the molecule is COc1c(C(=O)Cl)ncc(C)c1OC(F)(F)F. The number of aromatic nitrogens is 1. The zero-order valence-electron chi connectivity index (χ0n) is 8.76. The maximum atomic E-state index is 12.2. The molecule has 0 unspecified atom stereocenters. The van der Waals surface area contributed by atoms with Crippen LogP contribution in [0.2, 0.25) is 0 Å². The smallest absolute Gasteiger partial charge is 0.491 e. The fourth-order valence-electron chi connectivity index (χ4n) is 1.14. The van der Waals surface area contributed by atoms with Crippen molar-refractivity contribution in [3.63, 3.8) is 0 Å². The van der Waals surface area contributed by atoms with E-state index in [1.54, 1.807) is 0 Å². The third kappa shape index (κ3) is 3.23. The first-order chi connectivity index (χ1) is 7.76. The van der Waals surface area contributed by atoms with Gasteiger partial charge in [0, 0.05) is 11.8 Å². The molecule has 1 aromatic heterocycles. The number of pyridine rings is 1. The van der Waals surface area contributed by atoms with Crippen LogP contribution in [0.15, 0.2) is 6.20 Å². The summed E-state index contributed by atoms with van der Waals surface area (Å²) in [7, 11) is 1.09. The predicted octanol–water partition coefficient (Wildman–Crippen LogP) is 2.68. The van der Waals surface area contributed by atoms with E-state index in [1.165, 1.54) is 6.92 Å². The highest BCUT2D eigenvalue weighted by atomic mass is 35.5. The molecule has 8 heteroatoms. The van der Waals surface area contributed by atoms with Gasteiger partial charge in [0.1, 0.15) is 0 Å². The maximum Gasteiger partial charge on any atom is 0.573 e. The maximum absolute atomic E-state index is 12.2. The van der Waals surface area contributed by atoms with Crippen LogP contribution >= 0.6 is 11.6 Å². The number of methoxy groups -OCH3 is 1. The summed E-state index contributed by atoms with van der Waals surface area (Å²) in [4.78, 5) is 14.5. The van der Waals surface area contributed by atoms with Gasteiger partial charge in [0.05, 0.1) is 7.11 Å². The molecule has 0 spiro atoms. The van der Waals surface area contributed by atoms with E-state index in [0.717, 1.165) is 13.3 Å². The van der Waals surface area contributed by atoms with E-state index < -0.39 is 28.8 Å². The van der Waals surface area contributed by atoms with Gasteiger partial charge >= 0.3 is 6.36 Å². The molecular formula is C9H7ClF3NO3. The van der Waals surface area contributed by atoms with Crippen molar-refractivity contribution in [1.82, 2.24) is 4.98 Å². The molecule has 1 heterocycles. The number of aryl methyl sites for hydroxylation is 1. The highest BCUT2D eigenvalue weighted by Gasteiger charge is 2.34. The van der Waals surface area contributed by atoms with Gasteiger partial charge in [0.2, 0.25) is 0 Å². The molecule has 0 radical (unpaired) electrons. The fraction of sp³-hybridized carbons (Fsp3) is 0.333. The lowest BCUT2D eigenvalue weighted by atomic mass is 10.2. The van der Waals surface area contributed by atoms with E-state index >= 15 is 0 Å². The summed E-state index contributed by atoms with van der Waals surface area (Å²) in [5.74, 6) is -1.07. The first-order valence-corrected chi connectivity index (χ1v) is 4.63. The number of alkyl halides is 3. The van der Waals surface area contributed by atoms with Gasteiger partial charge in [0.15, 0.2) is 17.2 Å². The van der Waals surface area contributed by atoms with Crippen molar-refractivity contribution < 1.29 is 27.4 Å². The Morgan fingerprint density at radius 2 is 2.00 bits per heavy atom. The molecule has 0 atom stereocenters. The molecule has 0 fully saturated rings. The lowest BCUT2D eigenvalue weighted by Crippen LogP contribution is -2.19. The average Bonchev–Trinajstić information content (AvgIpc) is 2.18. The van der Waals surface area contributed by atoms with Gasteiger partial charge in [-0.2, -0.15) is 0 Å². The number of ether oxygens (including phenoxy) is 2. The number of nitrogens with zero attached hydrogens (tertiary/aromatic N) is 1. The van der Waals surface area contributed by atoms with Crippen LogP contribution in [-0.4, -0.2) is 23.7 Å². The minimum Gasteiger partial charge on any atom is -0.491 e. The van der Waals surface area contributed by atoms with E-state index in [1.807, 2.05) is 0 Å². The number of hydrogen-bond acceptors (Lipinski definition) is 4.